The summed E-state index contributed by atoms with van der Waals surface area (Å²) in [6.45, 7) is 2.62. The first-order chi connectivity index (χ1) is 7.87. The van der Waals surface area contributed by atoms with Crippen molar-refractivity contribution in [1.29, 1.82) is 0 Å². The van der Waals surface area contributed by atoms with E-state index in [1.54, 1.807) is 6.92 Å². The lowest BCUT2D eigenvalue weighted by Crippen LogP contribution is -2.14. The molecule has 17 heavy (non-hydrogen) atoms. The summed E-state index contributed by atoms with van der Waals surface area (Å²) >= 11 is 0. The highest BCUT2D eigenvalue weighted by Gasteiger charge is 2.21. The molecule has 0 aliphatic rings. The number of nitrogens with zero attached hydrogens (tertiary/aromatic N) is 3. The molecule has 2 aromatic heterocycles. The molecular weight excluding hydrogens is 231 g/mol. The van der Waals surface area contributed by atoms with Crippen molar-refractivity contribution >= 4 is 11.0 Å². The molecule has 2 aromatic rings. The third-order valence-corrected chi connectivity index (χ3v) is 2.50. The molecule has 92 valence electrons. The molecule has 3 nitrogen and oxygen atoms in total. The Morgan fingerprint density at radius 3 is 2.76 bits per heavy atom. The van der Waals surface area contributed by atoms with Gasteiger partial charge in [0.25, 0.3) is 0 Å². The van der Waals surface area contributed by atoms with Crippen molar-refractivity contribution in [3.8, 4) is 0 Å². The summed E-state index contributed by atoms with van der Waals surface area (Å²) < 4.78 is 39.9. The normalized spacial score (nSPS) is 12.3. The zero-order valence-corrected chi connectivity index (χ0v) is 9.54. The van der Waals surface area contributed by atoms with Crippen LogP contribution in [-0.4, -0.2) is 20.7 Å². The van der Waals surface area contributed by atoms with Crippen molar-refractivity contribution in [2.45, 2.75) is 32.7 Å². The van der Waals surface area contributed by atoms with Crippen LogP contribution in [0.3, 0.4) is 0 Å². The Labute approximate surface area is 96.3 Å². The van der Waals surface area contributed by atoms with Crippen LogP contribution >= 0.6 is 0 Å². The minimum absolute atomic E-state index is 0.0620. The summed E-state index contributed by atoms with van der Waals surface area (Å²) in [5.41, 5.74) is 1.03. The van der Waals surface area contributed by atoms with Gasteiger partial charge in [-0.2, -0.15) is 5.10 Å². The van der Waals surface area contributed by atoms with Crippen LogP contribution in [-0.2, 0) is 6.54 Å². The maximum atomic E-state index is 13.0. The quantitative estimate of drug-likeness (QED) is 0.829. The van der Waals surface area contributed by atoms with Crippen molar-refractivity contribution in [3.05, 3.63) is 23.8 Å². The smallest absolute Gasteiger partial charge is 0.247 e. The lowest BCUT2D eigenvalue weighted by atomic mass is 10.2. The molecule has 0 fully saturated rings. The van der Waals surface area contributed by atoms with Gasteiger partial charge >= 0.3 is 0 Å². The van der Waals surface area contributed by atoms with Gasteiger partial charge in [0.1, 0.15) is 5.82 Å². The molecular formula is C11H12F3N3. The Morgan fingerprint density at radius 2 is 2.12 bits per heavy atom. The molecule has 0 saturated carbocycles. The fourth-order valence-corrected chi connectivity index (χ4v) is 1.64. The summed E-state index contributed by atoms with van der Waals surface area (Å²) in [7, 11) is 0. The summed E-state index contributed by atoms with van der Waals surface area (Å²) in [6.07, 6.45) is 0.742. The molecule has 0 bridgehead atoms. The van der Waals surface area contributed by atoms with E-state index in [2.05, 4.69) is 10.1 Å². The van der Waals surface area contributed by atoms with Crippen LogP contribution in [0.25, 0.3) is 11.0 Å². The van der Waals surface area contributed by atoms with Crippen LogP contribution in [0.1, 0.15) is 19.0 Å². The average Bonchev–Trinajstić information content (AvgIpc) is 2.52. The average molecular weight is 243 g/mol. The van der Waals surface area contributed by atoms with Gasteiger partial charge in [-0.25, -0.2) is 22.8 Å². The fourth-order valence-electron chi connectivity index (χ4n) is 1.64. The first-order valence-electron chi connectivity index (χ1n) is 5.23. The summed E-state index contributed by atoms with van der Waals surface area (Å²) in [4.78, 5) is 3.88. The highest BCUT2D eigenvalue weighted by Crippen LogP contribution is 2.21. The van der Waals surface area contributed by atoms with Gasteiger partial charge in [0.15, 0.2) is 5.65 Å². The van der Waals surface area contributed by atoms with Crippen LogP contribution in [0.4, 0.5) is 13.2 Å². The van der Waals surface area contributed by atoms with Gasteiger partial charge in [-0.3, -0.25) is 0 Å². The molecule has 0 spiro atoms. The summed E-state index contributed by atoms with van der Waals surface area (Å²) in [5.74, 6) is -3.20. The topological polar surface area (TPSA) is 30.7 Å². The highest BCUT2D eigenvalue weighted by molar-refractivity contribution is 5.77. The van der Waals surface area contributed by atoms with Crippen molar-refractivity contribution in [2.24, 2.45) is 0 Å². The van der Waals surface area contributed by atoms with Gasteiger partial charge in [-0.1, -0.05) is 0 Å². The highest BCUT2D eigenvalue weighted by atomic mass is 19.3. The van der Waals surface area contributed by atoms with Crippen LogP contribution in [0.15, 0.2) is 12.3 Å². The second-order valence-electron chi connectivity index (χ2n) is 4.15. The van der Waals surface area contributed by atoms with Gasteiger partial charge < -0.3 is 0 Å². The number of halogens is 3. The number of aryl methyl sites for hydroxylation is 2. The maximum Gasteiger partial charge on any atom is 0.247 e. The van der Waals surface area contributed by atoms with E-state index in [1.165, 1.54) is 10.7 Å². The Hall–Kier alpha value is -1.59. The number of aromatic nitrogens is 3. The second kappa shape index (κ2) is 4.01. The molecule has 0 aliphatic heterocycles. The van der Waals surface area contributed by atoms with Gasteiger partial charge in [-0.05, 0) is 19.9 Å². The molecule has 0 amide bonds. The molecule has 0 saturated heterocycles. The van der Waals surface area contributed by atoms with Crippen molar-refractivity contribution in [1.82, 2.24) is 14.8 Å². The van der Waals surface area contributed by atoms with Gasteiger partial charge in [0, 0.05) is 18.4 Å². The Balaban J connectivity index is 2.36. The zero-order chi connectivity index (χ0) is 12.6. The van der Waals surface area contributed by atoms with E-state index in [-0.39, 0.29) is 13.0 Å². The molecule has 0 aliphatic carbocycles. The van der Waals surface area contributed by atoms with Crippen molar-refractivity contribution < 1.29 is 13.2 Å². The fraction of sp³-hybridized carbons (Fsp3) is 0.455. The minimum Gasteiger partial charge on any atom is -0.247 e. The number of rotatable bonds is 3. The molecule has 2 heterocycles. The second-order valence-corrected chi connectivity index (χ2v) is 4.15. The lowest BCUT2D eigenvalue weighted by Gasteiger charge is -2.09. The lowest BCUT2D eigenvalue weighted by molar-refractivity contribution is 0.00807. The monoisotopic (exact) mass is 243 g/mol. The zero-order valence-electron chi connectivity index (χ0n) is 9.54. The third-order valence-electron chi connectivity index (χ3n) is 2.50. The molecule has 0 radical (unpaired) electrons. The van der Waals surface area contributed by atoms with Crippen LogP contribution < -0.4 is 0 Å². The van der Waals surface area contributed by atoms with E-state index >= 15 is 0 Å². The van der Waals surface area contributed by atoms with E-state index < -0.39 is 11.7 Å². The van der Waals surface area contributed by atoms with E-state index in [0.717, 1.165) is 13.1 Å². The first-order valence-corrected chi connectivity index (χ1v) is 5.23. The van der Waals surface area contributed by atoms with Gasteiger partial charge in [-0.15, -0.1) is 0 Å². The number of hydrogen-bond donors (Lipinski definition) is 0. The van der Waals surface area contributed by atoms with E-state index in [4.69, 9.17) is 0 Å². The molecule has 0 atom stereocenters. The van der Waals surface area contributed by atoms with Crippen LogP contribution in [0, 0.1) is 12.7 Å². The Morgan fingerprint density at radius 1 is 1.41 bits per heavy atom. The Bertz CT molecular complexity index is 543. The molecule has 2 rings (SSSR count). The standard InChI is InChI=1S/C11H12F3N3/c1-7-9-5-8(12)6-15-10(9)17(16-7)4-3-11(2,13)14/h5-6H,3-4H2,1-2H3. The predicted molar refractivity (Wildman–Crippen MR) is 57.5 cm³/mol. The number of hydrogen-bond acceptors (Lipinski definition) is 2. The van der Waals surface area contributed by atoms with Crippen LogP contribution in [0.2, 0.25) is 0 Å². The molecule has 6 heteroatoms. The number of pyridine rings is 1. The third kappa shape index (κ3) is 2.57. The molecule has 0 aromatic carbocycles. The molecule has 0 N–H and O–H groups in total. The van der Waals surface area contributed by atoms with Crippen LogP contribution in [0.5, 0.6) is 0 Å². The SMILES string of the molecule is Cc1nn(CCC(C)(F)F)c2ncc(F)cc12. The number of fused-ring (bicyclic) bond motifs is 1. The maximum absolute atomic E-state index is 13.0. The minimum atomic E-state index is -2.74. The van der Waals surface area contributed by atoms with Crippen molar-refractivity contribution in [2.75, 3.05) is 0 Å². The number of alkyl halides is 2. The van der Waals surface area contributed by atoms with E-state index in [9.17, 15) is 13.2 Å². The van der Waals surface area contributed by atoms with E-state index in [0.29, 0.717) is 16.7 Å². The van der Waals surface area contributed by atoms with Crippen molar-refractivity contribution in [3.63, 3.8) is 0 Å². The Kier molecular flexibility index (Phi) is 2.81. The largest absolute Gasteiger partial charge is 0.247 e. The summed E-state index contributed by atoms with van der Waals surface area (Å²) in [5, 5.41) is 4.65. The van der Waals surface area contributed by atoms with Gasteiger partial charge in [0.2, 0.25) is 5.92 Å². The van der Waals surface area contributed by atoms with E-state index in [1.807, 2.05) is 0 Å². The van der Waals surface area contributed by atoms with Gasteiger partial charge in [0.05, 0.1) is 11.9 Å². The molecule has 0 unspecified atom stereocenters. The summed E-state index contributed by atoms with van der Waals surface area (Å²) in [6, 6.07) is 1.31. The predicted octanol–water partition coefficient (Wildman–Crippen LogP) is 2.92. The first kappa shape index (κ1) is 11.9.